The van der Waals surface area contributed by atoms with E-state index < -0.39 is 22.7 Å². The Morgan fingerprint density at radius 1 is 1.12 bits per heavy atom. The van der Waals surface area contributed by atoms with Gasteiger partial charge in [0, 0.05) is 26.7 Å². The number of alkyl halides is 2. The third kappa shape index (κ3) is 6.57. The fourth-order valence-electron chi connectivity index (χ4n) is 3.64. The van der Waals surface area contributed by atoms with Gasteiger partial charge in [-0.1, -0.05) is 18.6 Å². The van der Waals surface area contributed by atoms with Crippen LogP contribution in [0.1, 0.15) is 31.7 Å². The number of piperidine rings is 1. The van der Waals surface area contributed by atoms with E-state index in [1.165, 1.54) is 39.5 Å². The first kappa shape index (κ1) is 25.7. The third-order valence-corrected chi connectivity index (χ3v) is 7.25. The molecule has 2 amide bonds. The van der Waals surface area contributed by atoms with Crippen molar-refractivity contribution in [2.24, 2.45) is 0 Å². The maximum Gasteiger partial charge on any atom is 0.387 e. The van der Waals surface area contributed by atoms with Crippen LogP contribution in [0.3, 0.4) is 0 Å². The summed E-state index contributed by atoms with van der Waals surface area (Å²) in [5.74, 6) is 0.384. The van der Waals surface area contributed by atoms with Crippen molar-refractivity contribution < 1.29 is 31.5 Å². The molecule has 1 saturated heterocycles. The molecule has 186 valence electrons. The quantitative estimate of drug-likeness (QED) is 0.550. The number of anilines is 1. The highest BCUT2D eigenvalue weighted by molar-refractivity contribution is 7.89. The monoisotopic (exact) mass is 497 g/mol. The van der Waals surface area contributed by atoms with Crippen LogP contribution in [-0.4, -0.2) is 57.0 Å². The number of carbonyl (C=O) groups is 1. The summed E-state index contributed by atoms with van der Waals surface area (Å²) in [7, 11) is -2.12. The van der Waals surface area contributed by atoms with E-state index in [9.17, 15) is 22.0 Å². The summed E-state index contributed by atoms with van der Waals surface area (Å²) in [6.45, 7) is 0.355. The SMILES string of the molecule is CCOc1ccc(S(=O)(=O)N2CCCCC2)cc1NC(=O)N(C)Cc1ccc(OC(F)F)cc1. The lowest BCUT2D eigenvalue weighted by Gasteiger charge is -2.26. The van der Waals surface area contributed by atoms with Gasteiger partial charge in [0.05, 0.1) is 17.2 Å². The van der Waals surface area contributed by atoms with Gasteiger partial charge in [-0.3, -0.25) is 0 Å². The molecule has 0 spiro atoms. The molecule has 3 rings (SSSR count). The Labute approximate surface area is 198 Å². The lowest BCUT2D eigenvalue weighted by atomic mass is 10.2. The number of urea groups is 1. The van der Waals surface area contributed by atoms with Gasteiger partial charge in [0.15, 0.2) is 0 Å². The van der Waals surface area contributed by atoms with E-state index in [4.69, 9.17) is 4.74 Å². The molecule has 1 heterocycles. The molecule has 0 bridgehead atoms. The zero-order chi connectivity index (χ0) is 24.7. The summed E-state index contributed by atoms with van der Waals surface area (Å²) in [6, 6.07) is 9.91. The van der Waals surface area contributed by atoms with E-state index in [0.717, 1.165) is 19.3 Å². The van der Waals surface area contributed by atoms with Crippen molar-refractivity contribution in [2.45, 2.75) is 44.2 Å². The van der Waals surface area contributed by atoms with Gasteiger partial charge in [-0.25, -0.2) is 13.2 Å². The number of ether oxygens (including phenoxy) is 2. The highest BCUT2D eigenvalue weighted by Crippen LogP contribution is 2.30. The van der Waals surface area contributed by atoms with Crippen LogP contribution in [0.5, 0.6) is 11.5 Å². The van der Waals surface area contributed by atoms with Crippen LogP contribution < -0.4 is 14.8 Å². The predicted molar refractivity (Wildman–Crippen MR) is 124 cm³/mol. The molecule has 0 saturated carbocycles. The van der Waals surface area contributed by atoms with Gasteiger partial charge in [0.2, 0.25) is 10.0 Å². The van der Waals surface area contributed by atoms with Crippen molar-refractivity contribution >= 4 is 21.7 Å². The highest BCUT2D eigenvalue weighted by Gasteiger charge is 2.27. The Morgan fingerprint density at radius 2 is 1.79 bits per heavy atom. The summed E-state index contributed by atoms with van der Waals surface area (Å²) in [5, 5.41) is 2.72. The first-order valence-electron chi connectivity index (χ1n) is 11.0. The van der Waals surface area contributed by atoms with E-state index in [1.54, 1.807) is 26.1 Å². The Bertz CT molecular complexity index is 1070. The summed E-state index contributed by atoms with van der Waals surface area (Å²) in [4.78, 5) is 14.3. The molecule has 0 aromatic heterocycles. The van der Waals surface area contributed by atoms with Gasteiger partial charge in [-0.05, 0) is 55.7 Å². The molecule has 0 atom stereocenters. The van der Waals surface area contributed by atoms with Gasteiger partial charge >= 0.3 is 12.6 Å². The smallest absolute Gasteiger partial charge is 0.387 e. The summed E-state index contributed by atoms with van der Waals surface area (Å²) < 4.78 is 62.1. The van der Waals surface area contributed by atoms with Crippen molar-refractivity contribution in [3.05, 3.63) is 48.0 Å². The zero-order valence-corrected chi connectivity index (χ0v) is 20.0. The number of benzene rings is 2. The predicted octanol–water partition coefficient (Wildman–Crippen LogP) is 4.53. The van der Waals surface area contributed by atoms with E-state index in [2.05, 4.69) is 10.1 Å². The standard InChI is InChI=1S/C23H29F2N3O5S/c1-3-32-21-12-11-19(34(30,31)28-13-5-4-6-14-28)15-20(21)26-23(29)27(2)16-17-7-9-18(10-8-17)33-22(24)25/h7-12,15,22H,3-6,13-14,16H2,1-2H3,(H,26,29). The van der Waals surface area contributed by atoms with E-state index >= 15 is 0 Å². The maximum atomic E-state index is 13.1. The number of amides is 2. The summed E-state index contributed by atoms with van der Waals surface area (Å²) >= 11 is 0. The normalized spacial score (nSPS) is 14.6. The second kappa shape index (κ2) is 11.5. The third-order valence-electron chi connectivity index (χ3n) is 5.36. The largest absolute Gasteiger partial charge is 0.492 e. The number of hydrogen-bond donors (Lipinski definition) is 1. The van der Waals surface area contributed by atoms with Crippen molar-refractivity contribution in [1.82, 2.24) is 9.21 Å². The molecule has 0 unspecified atom stereocenters. The molecule has 8 nitrogen and oxygen atoms in total. The van der Waals surface area contributed by atoms with Crippen molar-refractivity contribution in [2.75, 3.05) is 32.1 Å². The summed E-state index contributed by atoms with van der Waals surface area (Å²) in [6.07, 6.45) is 2.64. The number of halogens is 2. The number of sulfonamides is 1. The zero-order valence-electron chi connectivity index (χ0n) is 19.2. The minimum absolute atomic E-state index is 0.0268. The van der Waals surface area contributed by atoms with Gasteiger partial charge < -0.3 is 19.7 Å². The molecule has 0 aliphatic carbocycles. The van der Waals surface area contributed by atoms with Crippen LogP contribution in [0.2, 0.25) is 0 Å². The lowest BCUT2D eigenvalue weighted by molar-refractivity contribution is -0.0498. The topological polar surface area (TPSA) is 88.2 Å². The number of carbonyl (C=O) groups excluding carboxylic acids is 1. The Balaban J connectivity index is 1.74. The number of rotatable bonds is 9. The minimum atomic E-state index is -3.69. The second-order valence-corrected chi connectivity index (χ2v) is 9.80. The van der Waals surface area contributed by atoms with Crippen LogP contribution in [0, 0.1) is 0 Å². The molecular weight excluding hydrogens is 468 g/mol. The Kier molecular flexibility index (Phi) is 8.67. The van der Waals surface area contributed by atoms with Crippen molar-refractivity contribution in [3.8, 4) is 11.5 Å². The van der Waals surface area contributed by atoms with E-state index in [-0.39, 0.29) is 22.9 Å². The van der Waals surface area contributed by atoms with E-state index in [1.807, 2.05) is 0 Å². The minimum Gasteiger partial charge on any atom is -0.492 e. The molecule has 1 N–H and O–H groups in total. The highest BCUT2D eigenvalue weighted by atomic mass is 32.2. The molecule has 11 heteroatoms. The van der Waals surface area contributed by atoms with Gasteiger partial charge in [-0.15, -0.1) is 0 Å². The maximum absolute atomic E-state index is 13.1. The van der Waals surface area contributed by atoms with Crippen LogP contribution in [0.4, 0.5) is 19.3 Å². The molecule has 1 fully saturated rings. The first-order valence-corrected chi connectivity index (χ1v) is 12.5. The van der Waals surface area contributed by atoms with E-state index in [0.29, 0.717) is 31.0 Å². The lowest BCUT2D eigenvalue weighted by Crippen LogP contribution is -2.35. The van der Waals surface area contributed by atoms with Crippen LogP contribution in [-0.2, 0) is 16.6 Å². The summed E-state index contributed by atoms with van der Waals surface area (Å²) in [5.41, 5.74) is 0.947. The Hall–Kier alpha value is -2.92. The number of nitrogens with one attached hydrogen (secondary N) is 1. The number of nitrogens with zero attached hydrogens (tertiary/aromatic N) is 2. The fraction of sp³-hybridized carbons (Fsp3) is 0.435. The van der Waals surface area contributed by atoms with Gasteiger partial charge in [0.25, 0.3) is 0 Å². The molecule has 2 aromatic carbocycles. The van der Waals surface area contributed by atoms with Crippen molar-refractivity contribution in [3.63, 3.8) is 0 Å². The van der Waals surface area contributed by atoms with Crippen LogP contribution in [0.25, 0.3) is 0 Å². The van der Waals surface area contributed by atoms with Crippen LogP contribution >= 0.6 is 0 Å². The number of hydrogen-bond acceptors (Lipinski definition) is 5. The second-order valence-electron chi connectivity index (χ2n) is 7.86. The molecule has 1 aliphatic rings. The molecule has 1 aliphatic heterocycles. The van der Waals surface area contributed by atoms with Crippen LogP contribution in [0.15, 0.2) is 47.4 Å². The van der Waals surface area contributed by atoms with Gasteiger partial charge in [0.1, 0.15) is 11.5 Å². The average Bonchev–Trinajstić information content (AvgIpc) is 2.81. The molecule has 0 radical (unpaired) electrons. The first-order chi connectivity index (χ1) is 16.2. The fourth-order valence-corrected chi connectivity index (χ4v) is 5.18. The molecule has 2 aromatic rings. The Morgan fingerprint density at radius 3 is 2.41 bits per heavy atom. The average molecular weight is 498 g/mol. The molecule has 34 heavy (non-hydrogen) atoms. The van der Waals surface area contributed by atoms with Gasteiger partial charge in [-0.2, -0.15) is 13.1 Å². The van der Waals surface area contributed by atoms with Crippen molar-refractivity contribution in [1.29, 1.82) is 0 Å². The molecular formula is C23H29F2N3O5S.